The molecule has 4 rings (SSSR count). The Morgan fingerprint density at radius 1 is 1.05 bits per heavy atom. The smallest absolute Gasteiger partial charge is 0.199 e. The van der Waals surface area contributed by atoms with Crippen LogP contribution in [0.25, 0.3) is 26.0 Å². The first-order chi connectivity index (χ1) is 10.6. The van der Waals surface area contributed by atoms with E-state index in [1.807, 2.05) is 67.1 Å². The maximum absolute atomic E-state index is 12.9. The average Bonchev–Trinajstić information content (AvgIpc) is 2.86. The second-order valence-electron chi connectivity index (χ2n) is 5.44. The van der Waals surface area contributed by atoms with Crippen molar-refractivity contribution in [3.05, 3.63) is 70.0 Å². The summed E-state index contributed by atoms with van der Waals surface area (Å²) >= 11 is 1.62. The molecule has 0 aliphatic rings. The fourth-order valence-electron chi connectivity index (χ4n) is 2.76. The van der Waals surface area contributed by atoms with Crippen molar-refractivity contribution in [3.8, 4) is 5.69 Å². The predicted octanol–water partition coefficient (Wildman–Crippen LogP) is 4.22. The normalized spacial score (nSPS) is 11.4. The first kappa shape index (κ1) is 13.2. The molecule has 0 bridgehead atoms. The first-order valence-corrected chi connectivity index (χ1v) is 7.95. The Bertz CT molecular complexity index is 1060. The second-order valence-corrected chi connectivity index (χ2v) is 6.47. The molecular weight excluding hydrogens is 292 g/mol. The standard InChI is InChI=1S/C18H14N2OS/c1-11-8-9-15-14(10-11)17(21)16-12(2)19-20(18(16)22-15)13-6-4-3-5-7-13/h3-10H,1-2H3. The van der Waals surface area contributed by atoms with Crippen molar-refractivity contribution in [2.45, 2.75) is 13.8 Å². The highest BCUT2D eigenvalue weighted by Gasteiger charge is 2.15. The van der Waals surface area contributed by atoms with Crippen LogP contribution in [0.5, 0.6) is 0 Å². The van der Waals surface area contributed by atoms with Crippen molar-refractivity contribution >= 4 is 31.6 Å². The highest BCUT2D eigenvalue weighted by Crippen LogP contribution is 2.28. The van der Waals surface area contributed by atoms with Crippen molar-refractivity contribution in [1.29, 1.82) is 0 Å². The van der Waals surface area contributed by atoms with Gasteiger partial charge in [0.15, 0.2) is 5.43 Å². The van der Waals surface area contributed by atoms with Crippen LogP contribution >= 0.6 is 11.3 Å². The summed E-state index contributed by atoms with van der Waals surface area (Å²) in [5.74, 6) is 0. The Labute approximate surface area is 131 Å². The van der Waals surface area contributed by atoms with Gasteiger partial charge in [-0.3, -0.25) is 4.79 Å². The number of benzene rings is 2. The fraction of sp³-hybridized carbons (Fsp3) is 0.111. The average molecular weight is 306 g/mol. The number of fused-ring (bicyclic) bond motifs is 2. The Balaban J connectivity index is 2.17. The van der Waals surface area contributed by atoms with E-state index in [-0.39, 0.29) is 5.43 Å². The lowest BCUT2D eigenvalue weighted by molar-refractivity contribution is 0.894. The van der Waals surface area contributed by atoms with Crippen LogP contribution in [0.2, 0.25) is 0 Å². The number of aromatic nitrogens is 2. The molecule has 0 aliphatic heterocycles. The number of nitrogens with zero attached hydrogens (tertiary/aromatic N) is 2. The van der Waals surface area contributed by atoms with Crippen LogP contribution in [-0.4, -0.2) is 9.78 Å². The molecule has 2 aromatic carbocycles. The van der Waals surface area contributed by atoms with Gasteiger partial charge in [-0.1, -0.05) is 29.8 Å². The zero-order valence-corrected chi connectivity index (χ0v) is 13.1. The number of hydrogen-bond donors (Lipinski definition) is 0. The van der Waals surface area contributed by atoms with Crippen LogP contribution in [0.3, 0.4) is 0 Å². The lowest BCUT2D eigenvalue weighted by Crippen LogP contribution is -2.02. The van der Waals surface area contributed by atoms with Gasteiger partial charge in [0.1, 0.15) is 4.83 Å². The van der Waals surface area contributed by atoms with E-state index in [0.29, 0.717) is 0 Å². The SMILES string of the molecule is Cc1ccc2sc3c(c(C)nn3-c3ccccc3)c(=O)c2c1. The van der Waals surface area contributed by atoms with Gasteiger partial charge < -0.3 is 0 Å². The molecule has 0 aliphatic carbocycles. The quantitative estimate of drug-likeness (QED) is 0.528. The Kier molecular flexibility index (Phi) is 2.87. The summed E-state index contributed by atoms with van der Waals surface area (Å²) in [5.41, 5.74) is 2.93. The van der Waals surface area contributed by atoms with Gasteiger partial charge in [-0.05, 0) is 38.1 Å². The van der Waals surface area contributed by atoms with Crippen LogP contribution in [-0.2, 0) is 0 Å². The van der Waals surface area contributed by atoms with Crippen molar-refractivity contribution in [1.82, 2.24) is 9.78 Å². The van der Waals surface area contributed by atoms with E-state index >= 15 is 0 Å². The highest BCUT2D eigenvalue weighted by molar-refractivity contribution is 7.24. The minimum absolute atomic E-state index is 0.0760. The molecule has 0 spiro atoms. The van der Waals surface area contributed by atoms with Gasteiger partial charge in [-0.25, -0.2) is 4.68 Å². The molecule has 2 aromatic heterocycles. The molecule has 4 aromatic rings. The first-order valence-electron chi connectivity index (χ1n) is 7.13. The number of para-hydroxylation sites is 1. The third-order valence-corrected chi connectivity index (χ3v) is 4.98. The summed E-state index contributed by atoms with van der Waals surface area (Å²) in [7, 11) is 0. The van der Waals surface area contributed by atoms with Crippen LogP contribution < -0.4 is 5.43 Å². The molecule has 4 heteroatoms. The summed E-state index contributed by atoms with van der Waals surface area (Å²) in [5, 5.41) is 6.11. The topological polar surface area (TPSA) is 34.9 Å². The van der Waals surface area contributed by atoms with E-state index in [0.717, 1.165) is 37.2 Å². The maximum Gasteiger partial charge on any atom is 0.199 e. The molecule has 0 unspecified atom stereocenters. The van der Waals surface area contributed by atoms with Crippen LogP contribution in [0.1, 0.15) is 11.3 Å². The van der Waals surface area contributed by atoms with Crippen molar-refractivity contribution in [3.63, 3.8) is 0 Å². The van der Waals surface area contributed by atoms with E-state index in [2.05, 4.69) is 5.10 Å². The van der Waals surface area contributed by atoms with Crippen LogP contribution in [0.4, 0.5) is 0 Å². The van der Waals surface area contributed by atoms with Crippen molar-refractivity contribution in [2.75, 3.05) is 0 Å². The largest absolute Gasteiger partial charge is 0.288 e. The van der Waals surface area contributed by atoms with E-state index < -0.39 is 0 Å². The number of aryl methyl sites for hydroxylation is 2. The molecule has 3 nitrogen and oxygen atoms in total. The highest BCUT2D eigenvalue weighted by atomic mass is 32.1. The van der Waals surface area contributed by atoms with Crippen LogP contribution in [0.15, 0.2) is 53.3 Å². The van der Waals surface area contributed by atoms with Gasteiger partial charge in [0.25, 0.3) is 0 Å². The monoisotopic (exact) mass is 306 g/mol. The summed E-state index contributed by atoms with van der Waals surface area (Å²) in [6.07, 6.45) is 0. The lowest BCUT2D eigenvalue weighted by atomic mass is 10.1. The van der Waals surface area contributed by atoms with Gasteiger partial charge >= 0.3 is 0 Å². The lowest BCUT2D eigenvalue weighted by Gasteiger charge is -2.03. The van der Waals surface area contributed by atoms with Gasteiger partial charge in [-0.15, -0.1) is 11.3 Å². The molecule has 0 atom stereocenters. The van der Waals surface area contributed by atoms with E-state index in [1.54, 1.807) is 11.3 Å². The maximum atomic E-state index is 12.9. The van der Waals surface area contributed by atoms with Gasteiger partial charge in [0, 0.05) is 10.1 Å². The molecule has 0 amide bonds. The number of rotatable bonds is 1. The zero-order chi connectivity index (χ0) is 15.3. The molecule has 108 valence electrons. The molecule has 0 N–H and O–H groups in total. The molecule has 0 saturated heterocycles. The molecular formula is C18H14N2OS. The van der Waals surface area contributed by atoms with E-state index in [9.17, 15) is 4.79 Å². The van der Waals surface area contributed by atoms with Crippen molar-refractivity contribution < 1.29 is 0 Å². The Morgan fingerprint density at radius 2 is 1.82 bits per heavy atom. The molecule has 0 radical (unpaired) electrons. The molecule has 2 heterocycles. The Morgan fingerprint density at radius 3 is 2.59 bits per heavy atom. The van der Waals surface area contributed by atoms with Gasteiger partial charge in [0.05, 0.1) is 16.8 Å². The van der Waals surface area contributed by atoms with E-state index in [1.165, 1.54) is 0 Å². The fourth-order valence-corrected chi connectivity index (χ4v) is 3.94. The molecule has 0 fully saturated rings. The minimum atomic E-state index is 0.0760. The summed E-state index contributed by atoms with van der Waals surface area (Å²) in [4.78, 5) is 13.8. The van der Waals surface area contributed by atoms with Crippen LogP contribution in [0, 0.1) is 13.8 Å². The third kappa shape index (κ3) is 1.88. The number of hydrogen-bond acceptors (Lipinski definition) is 3. The summed E-state index contributed by atoms with van der Waals surface area (Å²) in [6, 6.07) is 16.0. The summed E-state index contributed by atoms with van der Waals surface area (Å²) < 4.78 is 2.87. The molecule has 22 heavy (non-hydrogen) atoms. The minimum Gasteiger partial charge on any atom is -0.288 e. The zero-order valence-electron chi connectivity index (χ0n) is 12.3. The molecule has 0 saturated carbocycles. The Hall–Kier alpha value is -2.46. The third-order valence-electron chi connectivity index (χ3n) is 3.83. The van der Waals surface area contributed by atoms with E-state index in [4.69, 9.17) is 0 Å². The second kappa shape index (κ2) is 4.78. The van der Waals surface area contributed by atoms with Gasteiger partial charge in [-0.2, -0.15) is 5.10 Å². The predicted molar refractivity (Wildman–Crippen MR) is 92.2 cm³/mol. The summed E-state index contributed by atoms with van der Waals surface area (Å²) in [6.45, 7) is 3.91. The van der Waals surface area contributed by atoms with Crippen molar-refractivity contribution in [2.24, 2.45) is 0 Å². The van der Waals surface area contributed by atoms with Gasteiger partial charge in [0.2, 0.25) is 0 Å².